The van der Waals surface area contributed by atoms with E-state index in [4.69, 9.17) is 13.0 Å². The van der Waals surface area contributed by atoms with Gasteiger partial charge in [-0.2, -0.15) is 17.2 Å². The zero-order valence-corrected chi connectivity index (χ0v) is 5.80. The molecule has 0 unspecified atom stereocenters. The average molecular weight is 305 g/mol. The monoisotopic (exact) mass is 306 g/mol. The van der Waals surface area contributed by atoms with Crippen LogP contribution < -0.4 is 0 Å². The van der Waals surface area contributed by atoms with Gasteiger partial charge in [0.05, 0.1) is 0 Å². The van der Waals surface area contributed by atoms with E-state index in [1.165, 1.54) is 0 Å². The largest absolute Gasteiger partial charge is 0.361 e. The van der Waals surface area contributed by atoms with Crippen molar-refractivity contribution < 1.29 is 68.7 Å². The van der Waals surface area contributed by atoms with Crippen LogP contribution in [0.15, 0.2) is 0 Å². The fourth-order valence-electron chi connectivity index (χ4n) is 0. The van der Waals surface area contributed by atoms with E-state index in [9.17, 15) is 8.78 Å². The van der Waals surface area contributed by atoms with Crippen molar-refractivity contribution >= 4 is 10.1 Å². The molecule has 0 saturated heterocycles. The molecule has 1 N–H and O–H groups in total. The Morgan fingerprint density at radius 3 is 1.50 bits per heavy atom. The normalized spacial score (nSPS) is 11.0. The SMILES string of the molecule is O=S(=O)(O)C(F)F.[Yb]. The second-order valence-electron chi connectivity index (χ2n) is 0.776. The minimum absolute atomic E-state index is 0. The van der Waals surface area contributed by atoms with Crippen molar-refractivity contribution in [3.05, 3.63) is 0 Å². The first-order valence-electron chi connectivity index (χ1n) is 1.19. The third-order valence-corrected chi connectivity index (χ3v) is 0.675. The number of alkyl halides is 2. The molecule has 0 bridgehead atoms. The fraction of sp³-hybridized carbons (Fsp3) is 1.00. The molecule has 0 amide bonds. The van der Waals surface area contributed by atoms with Gasteiger partial charge in [0.15, 0.2) is 0 Å². The summed E-state index contributed by atoms with van der Waals surface area (Å²) in [6, 6.07) is 0. The summed E-state index contributed by atoms with van der Waals surface area (Å²) in [5.74, 6) is -3.67. The molecular weight excluding hydrogens is 303 g/mol. The Morgan fingerprint density at radius 2 is 1.50 bits per heavy atom. The molecule has 0 rings (SSSR count). The van der Waals surface area contributed by atoms with Crippen LogP contribution in [0.25, 0.3) is 0 Å². The van der Waals surface area contributed by atoms with Crippen LogP contribution in [0, 0.1) is 46.9 Å². The molecule has 0 atom stereocenters. The molecule has 0 aromatic heterocycles. The van der Waals surface area contributed by atoms with Gasteiger partial charge in [0.2, 0.25) is 0 Å². The predicted octanol–water partition coefficient (Wildman–Crippen LogP) is 0.0968. The van der Waals surface area contributed by atoms with E-state index in [0.717, 1.165) is 0 Å². The van der Waals surface area contributed by atoms with Gasteiger partial charge >= 0.3 is 15.9 Å². The second kappa shape index (κ2) is 4.16. The molecule has 0 saturated carbocycles. The van der Waals surface area contributed by atoms with E-state index in [-0.39, 0.29) is 46.9 Å². The Bertz CT molecular complexity index is 139. The maximum atomic E-state index is 10.7. The van der Waals surface area contributed by atoms with Crippen LogP contribution in [-0.4, -0.2) is 18.7 Å². The molecular formula is CH2F2O3SYb. The zero-order chi connectivity index (χ0) is 6.08. The van der Waals surface area contributed by atoms with Crippen molar-refractivity contribution in [3.63, 3.8) is 0 Å². The standard InChI is InChI=1S/CH2F2O3S.Yb/c2-1(3)7(4,5)6;/h1H,(H,4,5,6);. The topological polar surface area (TPSA) is 54.4 Å². The van der Waals surface area contributed by atoms with Crippen molar-refractivity contribution in [1.82, 2.24) is 0 Å². The third-order valence-electron chi connectivity index (χ3n) is 0.225. The van der Waals surface area contributed by atoms with E-state index in [0.29, 0.717) is 0 Å². The fourth-order valence-corrected chi connectivity index (χ4v) is 0. The summed E-state index contributed by atoms with van der Waals surface area (Å²) in [4.78, 5) is 0. The number of hydrogen-bond donors (Lipinski definition) is 1. The molecule has 0 heterocycles. The molecule has 0 aliphatic carbocycles. The Balaban J connectivity index is 0. The number of halogens is 2. The molecule has 0 fully saturated rings. The summed E-state index contributed by atoms with van der Waals surface area (Å²) in [6.07, 6.45) is 0. The molecule has 0 spiro atoms. The molecule has 0 aliphatic heterocycles. The van der Waals surface area contributed by atoms with E-state index in [2.05, 4.69) is 0 Å². The molecule has 7 heteroatoms. The number of rotatable bonds is 1. The van der Waals surface area contributed by atoms with Crippen LogP contribution in [0.2, 0.25) is 0 Å². The summed E-state index contributed by atoms with van der Waals surface area (Å²) in [6.45, 7) is 0. The van der Waals surface area contributed by atoms with Crippen molar-refractivity contribution in [2.45, 2.75) is 5.76 Å². The molecule has 0 radical (unpaired) electrons. The molecule has 58 valence electrons. The van der Waals surface area contributed by atoms with Gasteiger partial charge in [-0.1, -0.05) is 0 Å². The Hall–Kier alpha value is 1.29. The maximum absolute atomic E-state index is 10.7. The summed E-state index contributed by atoms with van der Waals surface area (Å²) in [5.41, 5.74) is 0. The molecule has 8 heavy (non-hydrogen) atoms. The van der Waals surface area contributed by atoms with E-state index in [1.54, 1.807) is 0 Å². The van der Waals surface area contributed by atoms with E-state index in [1.807, 2.05) is 0 Å². The van der Waals surface area contributed by atoms with Crippen molar-refractivity contribution in [3.8, 4) is 0 Å². The van der Waals surface area contributed by atoms with Crippen molar-refractivity contribution in [2.24, 2.45) is 0 Å². The van der Waals surface area contributed by atoms with Crippen LogP contribution in [0.3, 0.4) is 0 Å². The van der Waals surface area contributed by atoms with Gasteiger partial charge in [0.25, 0.3) is 0 Å². The molecule has 0 aliphatic rings. The van der Waals surface area contributed by atoms with Gasteiger partial charge in [-0.3, -0.25) is 4.55 Å². The first-order chi connectivity index (χ1) is 2.94. The molecule has 0 aromatic rings. The predicted molar refractivity (Wildman–Crippen MR) is 17.6 cm³/mol. The zero-order valence-electron chi connectivity index (χ0n) is 3.27. The Labute approximate surface area is 83.4 Å². The van der Waals surface area contributed by atoms with E-state index < -0.39 is 15.9 Å². The summed E-state index contributed by atoms with van der Waals surface area (Å²) < 4.78 is 47.0. The second-order valence-corrected chi connectivity index (χ2v) is 2.16. The Kier molecular flexibility index (Phi) is 6.25. The third kappa shape index (κ3) is 5.43. The van der Waals surface area contributed by atoms with Gasteiger partial charge in [-0.15, -0.1) is 0 Å². The van der Waals surface area contributed by atoms with Crippen LogP contribution in [-0.2, 0) is 10.1 Å². The molecule has 0 aromatic carbocycles. The van der Waals surface area contributed by atoms with Crippen LogP contribution in [0.5, 0.6) is 0 Å². The van der Waals surface area contributed by atoms with Gasteiger partial charge in [-0.25, -0.2) is 0 Å². The minimum Gasteiger partial charge on any atom is -0.281 e. The smallest absolute Gasteiger partial charge is 0.281 e. The molecule has 3 nitrogen and oxygen atoms in total. The van der Waals surface area contributed by atoms with Crippen LogP contribution in [0.1, 0.15) is 0 Å². The quantitative estimate of drug-likeness (QED) is 0.699. The summed E-state index contributed by atoms with van der Waals surface area (Å²) in [5, 5.41) is 0. The summed E-state index contributed by atoms with van der Waals surface area (Å²) >= 11 is 0. The average Bonchev–Trinajstić information content (AvgIpc) is 1.31. The van der Waals surface area contributed by atoms with Gasteiger partial charge < -0.3 is 0 Å². The van der Waals surface area contributed by atoms with Gasteiger partial charge in [0.1, 0.15) is 0 Å². The Morgan fingerprint density at radius 1 is 1.38 bits per heavy atom. The number of hydrogen-bond acceptors (Lipinski definition) is 2. The van der Waals surface area contributed by atoms with E-state index >= 15 is 0 Å². The van der Waals surface area contributed by atoms with Crippen molar-refractivity contribution in [1.29, 1.82) is 0 Å². The minimum atomic E-state index is -5.07. The van der Waals surface area contributed by atoms with Gasteiger partial charge in [0, 0.05) is 46.9 Å². The first-order valence-corrected chi connectivity index (χ1v) is 2.69. The van der Waals surface area contributed by atoms with Crippen molar-refractivity contribution in [2.75, 3.05) is 0 Å². The maximum Gasteiger partial charge on any atom is 0.361 e. The van der Waals surface area contributed by atoms with Crippen LogP contribution >= 0.6 is 0 Å². The first kappa shape index (κ1) is 12.0. The van der Waals surface area contributed by atoms with Gasteiger partial charge in [-0.05, 0) is 0 Å². The van der Waals surface area contributed by atoms with Crippen LogP contribution in [0.4, 0.5) is 8.78 Å². The summed E-state index contributed by atoms with van der Waals surface area (Å²) in [7, 11) is -5.07.